The Bertz CT molecular complexity index is 452. The van der Waals surface area contributed by atoms with Gasteiger partial charge in [-0.25, -0.2) is 4.99 Å². The largest absolute Gasteiger partial charge is 0.379 e. The minimum absolute atomic E-state index is 0. The molecule has 1 aromatic rings. The fraction of sp³-hybridized carbons (Fsp3) is 0.471. The molecule has 0 aromatic heterocycles. The molecule has 0 aliphatic carbocycles. The summed E-state index contributed by atoms with van der Waals surface area (Å²) >= 11 is 0. The van der Waals surface area contributed by atoms with Gasteiger partial charge < -0.3 is 20.5 Å². The number of hydrogen-bond acceptors (Lipinski definition) is 3. The Labute approximate surface area is 156 Å². The number of ether oxygens (including phenoxy) is 2. The highest BCUT2D eigenvalue weighted by Crippen LogP contribution is 1.99. The van der Waals surface area contributed by atoms with Crippen molar-refractivity contribution in [3.8, 4) is 0 Å². The summed E-state index contributed by atoms with van der Waals surface area (Å²) in [5.74, 6) is 0.453. The first-order valence-electron chi connectivity index (χ1n) is 7.56. The summed E-state index contributed by atoms with van der Waals surface area (Å²) in [6, 6.07) is 10.1. The molecule has 23 heavy (non-hydrogen) atoms. The molecule has 0 aliphatic rings. The van der Waals surface area contributed by atoms with Crippen LogP contribution in [0.5, 0.6) is 0 Å². The Morgan fingerprint density at radius 3 is 2.57 bits per heavy atom. The zero-order valence-electron chi connectivity index (χ0n) is 13.8. The van der Waals surface area contributed by atoms with E-state index in [0.717, 1.165) is 18.5 Å². The monoisotopic (exact) mass is 433 g/mol. The zero-order chi connectivity index (χ0) is 16.0. The van der Waals surface area contributed by atoms with Crippen LogP contribution in [0.4, 0.5) is 0 Å². The van der Waals surface area contributed by atoms with Crippen molar-refractivity contribution in [2.75, 3.05) is 32.9 Å². The van der Waals surface area contributed by atoms with Crippen molar-refractivity contribution in [1.82, 2.24) is 5.32 Å². The van der Waals surface area contributed by atoms with Crippen LogP contribution in [0.3, 0.4) is 0 Å². The van der Waals surface area contributed by atoms with Gasteiger partial charge in [-0.05, 0) is 18.9 Å². The minimum Gasteiger partial charge on any atom is -0.379 e. The lowest BCUT2D eigenvalue weighted by molar-refractivity contribution is 0.0401. The molecule has 0 radical (unpaired) electrons. The Hall–Kier alpha value is -1.12. The Morgan fingerprint density at radius 1 is 1.17 bits per heavy atom. The summed E-state index contributed by atoms with van der Waals surface area (Å²) in [5, 5.41) is 3.04. The summed E-state index contributed by atoms with van der Waals surface area (Å²) < 4.78 is 11.0. The number of nitrogens with one attached hydrogen (secondary N) is 1. The standard InChI is InChI=1S/C17H27N3O2.HI/c1-15(2)13-20-17(18)19-9-6-10-21-11-12-22-14-16-7-4-3-5-8-16;/h3-5,7-8H,1,6,9-14H2,2H3,(H3,18,19,20);1H. The molecule has 0 saturated carbocycles. The molecule has 0 heterocycles. The quantitative estimate of drug-likeness (QED) is 0.185. The van der Waals surface area contributed by atoms with Crippen LogP contribution in [0.25, 0.3) is 0 Å². The van der Waals surface area contributed by atoms with E-state index in [1.807, 2.05) is 37.3 Å². The number of aliphatic imine (C=N–C) groups is 1. The molecule has 0 atom stereocenters. The third-order valence-corrected chi connectivity index (χ3v) is 2.77. The van der Waals surface area contributed by atoms with Gasteiger partial charge in [-0.3, -0.25) is 0 Å². The second kappa shape index (κ2) is 14.5. The van der Waals surface area contributed by atoms with E-state index in [9.17, 15) is 0 Å². The first-order chi connectivity index (χ1) is 10.7. The molecule has 5 nitrogen and oxygen atoms in total. The molecular formula is C17H28IN3O2. The van der Waals surface area contributed by atoms with E-state index in [1.165, 1.54) is 5.56 Å². The molecule has 1 rings (SSSR count). The van der Waals surface area contributed by atoms with Gasteiger partial charge in [-0.2, -0.15) is 0 Å². The summed E-state index contributed by atoms with van der Waals surface area (Å²) in [5.41, 5.74) is 7.86. The van der Waals surface area contributed by atoms with Crippen molar-refractivity contribution in [3.63, 3.8) is 0 Å². The molecule has 6 heteroatoms. The van der Waals surface area contributed by atoms with Gasteiger partial charge in [-0.15, -0.1) is 24.0 Å². The molecular weight excluding hydrogens is 405 g/mol. The van der Waals surface area contributed by atoms with Crippen LogP contribution in [-0.4, -0.2) is 38.9 Å². The Kier molecular flexibility index (Phi) is 13.8. The molecule has 0 bridgehead atoms. The fourth-order valence-electron chi connectivity index (χ4n) is 1.65. The summed E-state index contributed by atoms with van der Waals surface area (Å²) in [6.45, 7) is 9.51. The maximum atomic E-state index is 5.69. The normalized spacial score (nSPS) is 10.9. The molecule has 0 fully saturated rings. The molecule has 0 unspecified atom stereocenters. The predicted molar refractivity (Wildman–Crippen MR) is 106 cm³/mol. The van der Waals surface area contributed by atoms with Gasteiger partial charge in [0.05, 0.1) is 26.4 Å². The van der Waals surface area contributed by atoms with Crippen molar-refractivity contribution >= 4 is 29.9 Å². The van der Waals surface area contributed by atoms with Crippen molar-refractivity contribution in [2.45, 2.75) is 20.0 Å². The van der Waals surface area contributed by atoms with Crippen LogP contribution in [0.2, 0.25) is 0 Å². The number of nitrogens with zero attached hydrogens (tertiary/aromatic N) is 1. The Balaban J connectivity index is 0.00000484. The average molecular weight is 433 g/mol. The SMILES string of the molecule is C=C(C)CN=C(N)NCCCOCCOCc1ccccc1.I. The van der Waals surface area contributed by atoms with Crippen molar-refractivity contribution in [1.29, 1.82) is 0 Å². The molecule has 3 N–H and O–H groups in total. The van der Waals surface area contributed by atoms with Crippen LogP contribution in [0.15, 0.2) is 47.5 Å². The summed E-state index contributed by atoms with van der Waals surface area (Å²) in [4.78, 5) is 4.13. The zero-order valence-corrected chi connectivity index (χ0v) is 16.1. The number of guanidine groups is 1. The van der Waals surface area contributed by atoms with Gasteiger partial charge in [0.15, 0.2) is 5.96 Å². The Morgan fingerprint density at radius 2 is 1.87 bits per heavy atom. The van der Waals surface area contributed by atoms with Crippen molar-refractivity contribution in [3.05, 3.63) is 48.0 Å². The molecule has 0 saturated heterocycles. The van der Waals surface area contributed by atoms with E-state index in [0.29, 0.717) is 38.9 Å². The van der Waals surface area contributed by atoms with Crippen molar-refractivity contribution in [2.24, 2.45) is 10.7 Å². The lowest BCUT2D eigenvalue weighted by Crippen LogP contribution is -2.33. The highest BCUT2D eigenvalue weighted by Gasteiger charge is 1.94. The van der Waals surface area contributed by atoms with E-state index < -0.39 is 0 Å². The number of benzene rings is 1. The molecule has 0 amide bonds. The molecule has 130 valence electrons. The first kappa shape index (κ1) is 21.9. The second-order valence-corrected chi connectivity index (χ2v) is 5.09. The van der Waals surface area contributed by atoms with Gasteiger partial charge in [0.2, 0.25) is 0 Å². The maximum Gasteiger partial charge on any atom is 0.188 e. The number of halogens is 1. The molecule has 0 spiro atoms. The summed E-state index contributed by atoms with van der Waals surface area (Å²) in [6.07, 6.45) is 0.877. The van der Waals surface area contributed by atoms with Crippen LogP contribution in [0, 0.1) is 0 Å². The van der Waals surface area contributed by atoms with Crippen LogP contribution in [-0.2, 0) is 16.1 Å². The predicted octanol–water partition coefficient (Wildman–Crippen LogP) is 2.71. The molecule has 1 aromatic carbocycles. The first-order valence-corrected chi connectivity index (χ1v) is 7.56. The van der Waals surface area contributed by atoms with Gasteiger partial charge in [-0.1, -0.05) is 42.5 Å². The molecule has 0 aliphatic heterocycles. The maximum absolute atomic E-state index is 5.69. The number of rotatable bonds is 11. The van der Waals surface area contributed by atoms with Gasteiger partial charge >= 0.3 is 0 Å². The smallest absolute Gasteiger partial charge is 0.188 e. The van der Waals surface area contributed by atoms with Gasteiger partial charge in [0, 0.05) is 13.2 Å². The topological polar surface area (TPSA) is 68.9 Å². The highest BCUT2D eigenvalue weighted by atomic mass is 127. The highest BCUT2D eigenvalue weighted by molar-refractivity contribution is 14.0. The van der Waals surface area contributed by atoms with Crippen LogP contribution >= 0.6 is 24.0 Å². The average Bonchev–Trinajstić information content (AvgIpc) is 2.52. The second-order valence-electron chi connectivity index (χ2n) is 5.09. The summed E-state index contributed by atoms with van der Waals surface area (Å²) in [7, 11) is 0. The van der Waals surface area contributed by atoms with Crippen LogP contribution in [0.1, 0.15) is 18.9 Å². The van der Waals surface area contributed by atoms with Gasteiger partial charge in [0.25, 0.3) is 0 Å². The lowest BCUT2D eigenvalue weighted by atomic mass is 10.2. The number of nitrogens with two attached hydrogens (primary N) is 1. The van der Waals surface area contributed by atoms with E-state index >= 15 is 0 Å². The minimum atomic E-state index is 0. The number of hydrogen-bond donors (Lipinski definition) is 2. The van der Waals surface area contributed by atoms with E-state index in [-0.39, 0.29) is 24.0 Å². The van der Waals surface area contributed by atoms with Gasteiger partial charge in [0.1, 0.15) is 0 Å². The third kappa shape index (κ3) is 13.1. The van der Waals surface area contributed by atoms with E-state index in [2.05, 4.69) is 16.9 Å². The van der Waals surface area contributed by atoms with Crippen LogP contribution < -0.4 is 11.1 Å². The lowest BCUT2D eigenvalue weighted by Gasteiger charge is -2.07. The van der Waals surface area contributed by atoms with E-state index in [1.54, 1.807) is 0 Å². The van der Waals surface area contributed by atoms with E-state index in [4.69, 9.17) is 15.2 Å². The third-order valence-electron chi connectivity index (χ3n) is 2.77. The van der Waals surface area contributed by atoms with Crippen molar-refractivity contribution < 1.29 is 9.47 Å². The fourth-order valence-corrected chi connectivity index (χ4v) is 1.65.